The quantitative estimate of drug-likeness (QED) is 0.337. The summed E-state index contributed by atoms with van der Waals surface area (Å²) in [6.45, 7) is 6.82. The summed E-state index contributed by atoms with van der Waals surface area (Å²) in [6.07, 6.45) is 11.4. The Kier molecular flexibility index (Phi) is 10.5. The van der Waals surface area contributed by atoms with Crippen LogP contribution in [0.15, 0.2) is 12.2 Å². The third-order valence-electron chi connectivity index (χ3n) is 2.17. The maximum atomic E-state index is 2.41. The van der Waals surface area contributed by atoms with Crippen LogP contribution in [0.4, 0.5) is 0 Å². The fourth-order valence-corrected chi connectivity index (χ4v) is 3.30. The molecule has 0 N–H and O–H groups in total. The molecule has 0 bridgehead atoms. The van der Waals surface area contributed by atoms with Gasteiger partial charge in [0.15, 0.2) is 0 Å². The van der Waals surface area contributed by atoms with Crippen molar-refractivity contribution in [3.8, 4) is 0 Å². The van der Waals surface area contributed by atoms with Crippen LogP contribution >= 0.6 is 0 Å². The Morgan fingerprint density at radius 2 is 2.00 bits per heavy atom. The topological polar surface area (TPSA) is 0 Å². The van der Waals surface area contributed by atoms with Crippen LogP contribution in [0.2, 0.25) is 10.1 Å². The minimum atomic E-state index is 0.906. The monoisotopic (exact) mass is 248 g/mol. The first-order valence-electron chi connectivity index (χ1n) is 5.54. The van der Waals surface area contributed by atoms with Gasteiger partial charge in [-0.3, -0.25) is 0 Å². The van der Waals surface area contributed by atoms with Crippen molar-refractivity contribution in [1.29, 1.82) is 0 Å². The normalized spacial score (nSPS) is 13.8. The molecular weight excluding hydrogens is 223 g/mol. The van der Waals surface area contributed by atoms with Gasteiger partial charge in [-0.25, -0.2) is 0 Å². The van der Waals surface area contributed by atoms with Gasteiger partial charge < -0.3 is 0 Å². The zero-order valence-electron chi connectivity index (χ0n) is 9.38. The van der Waals surface area contributed by atoms with Crippen molar-refractivity contribution in [3.63, 3.8) is 0 Å². The van der Waals surface area contributed by atoms with Gasteiger partial charge in [-0.05, 0) is 0 Å². The van der Waals surface area contributed by atoms with E-state index >= 15 is 0 Å². The molecule has 0 nitrogen and oxygen atoms in total. The molecule has 0 aromatic carbocycles. The molecule has 0 radical (unpaired) electrons. The van der Waals surface area contributed by atoms with E-state index in [1.807, 2.05) is 0 Å². The molecule has 0 heterocycles. The third kappa shape index (κ3) is 10.2. The predicted octanol–water partition coefficient (Wildman–Crippen LogP) is 4.46. The van der Waals surface area contributed by atoms with Crippen LogP contribution in [0, 0.1) is 0 Å². The molecule has 13 heavy (non-hydrogen) atoms. The fourth-order valence-electron chi connectivity index (χ4n) is 1.41. The summed E-state index contributed by atoms with van der Waals surface area (Å²) in [4.78, 5) is 1.01. The fraction of sp³-hybridized carbons (Fsp3) is 0.833. The molecule has 1 atom stereocenters. The second-order valence-electron chi connectivity index (χ2n) is 3.47. The number of allylic oxidation sites excluding steroid dienone is 2. The zero-order valence-corrected chi connectivity index (χ0v) is 11.1. The molecule has 0 amide bonds. The van der Waals surface area contributed by atoms with Gasteiger partial charge in [0.05, 0.1) is 0 Å². The Hall–Kier alpha value is 0.259. The van der Waals surface area contributed by atoms with E-state index in [4.69, 9.17) is 0 Å². The van der Waals surface area contributed by atoms with E-state index in [1.54, 1.807) is 0 Å². The average Bonchev–Trinajstić information content (AvgIpc) is 2.11. The molecule has 1 unspecified atom stereocenters. The van der Waals surface area contributed by atoms with Crippen molar-refractivity contribution in [3.05, 3.63) is 12.2 Å². The van der Waals surface area contributed by atoms with Crippen LogP contribution in [-0.2, 0) is 0 Å². The maximum absolute atomic E-state index is 2.41. The van der Waals surface area contributed by atoms with Gasteiger partial charge >= 0.3 is 90.1 Å². The second-order valence-corrected chi connectivity index (χ2v) is 7.07. The molecule has 0 rings (SSSR count). The van der Waals surface area contributed by atoms with Crippen molar-refractivity contribution in [2.45, 2.75) is 63.0 Å². The summed E-state index contributed by atoms with van der Waals surface area (Å²) >= 11 is 0.906. The summed E-state index contributed by atoms with van der Waals surface area (Å²) in [5, 5.41) is 1.41. The van der Waals surface area contributed by atoms with Gasteiger partial charge in [0.2, 0.25) is 0 Å². The van der Waals surface area contributed by atoms with Crippen molar-refractivity contribution in [2.24, 2.45) is 0 Å². The van der Waals surface area contributed by atoms with Gasteiger partial charge in [-0.1, -0.05) is 0 Å². The van der Waals surface area contributed by atoms with E-state index in [0.29, 0.717) is 0 Å². The van der Waals surface area contributed by atoms with Crippen LogP contribution < -0.4 is 0 Å². The van der Waals surface area contributed by atoms with Crippen LogP contribution in [0.5, 0.6) is 0 Å². The first-order valence-corrected chi connectivity index (χ1v) is 7.74. The van der Waals surface area contributed by atoms with E-state index in [-0.39, 0.29) is 0 Å². The van der Waals surface area contributed by atoms with E-state index < -0.39 is 0 Å². The van der Waals surface area contributed by atoms with E-state index in [1.165, 1.54) is 37.4 Å². The van der Waals surface area contributed by atoms with Gasteiger partial charge in [0.25, 0.3) is 0 Å². The zero-order chi connectivity index (χ0) is 9.94. The molecular formula is C12H24Se. The summed E-state index contributed by atoms with van der Waals surface area (Å²) in [7, 11) is 0. The Morgan fingerprint density at radius 1 is 1.23 bits per heavy atom. The predicted molar refractivity (Wildman–Crippen MR) is 63.6 cm³/mol. The summed E-state index contributed by atoms with van der Waals surface area (Å²) in [5.74, 6) is 0. The first-order chi connectivity index (χ1) is 6.31. The van der Waals surface area contributed by atoms with Crippen molar-refractivity contribution < 1.29 is 0 Å². The van der Waals surface area contributed by atoms with E-state index in [9.17, 15) is 0 Å². The standard InChI is InChI=1S/C12H24Se/c1-4-6-7-8-9-10-11-12(3)13-5-2/h4,6,12H,5,7-11H2,1-3H3/b6-4+. The Morgan fingerprint density at radius 3 is 2.62 bits per heavy atom. The number of hydrogen-bond donors (Lipinski definition) is 0. The summed E-state index contributed by atoms with van der Waals surface area (Å²) in [5.41, 5.74) is 0. The van der Waals surface area contributed by atoms with Crippen LogP contribution in [0.1, 0.15) is 52.9 Å². The molecule has 1 heteroatoms. The van der Waals surface area contributed by atoms with Crippen molar-refractivity contribution in [1.82, 2.24) is 0 Å². The Balaban J connectivity index is 3.06. The molecule has 0 saturated heterocycles. The Labute approximate surface area is 90.3 Å². The van der Waals surface area contributed by atoms with Crippen LogP contribution in [0.25, 0.3) is 0 Å². The molecule has 0 aliphatic rings. The van der Waals surface area contributed by atoms with Gasteiger partial charge in [-0.2, -0.15) is 0 Å². The van der Waals surface area contributed by atoms with Crippen molar-refractivity contribution >= 4 is 15.0 Å². The molecule has 0 aromatic heterocycles. The van der Waals surface area contributed by atoms with Gasteiger partial charge in [-0.15, -0.1) is 0 Å². The number of hydrogen-bond acceptors (Lipinski definition) is 0. The third-order valence-corrected chi connectivity index (χ3v) is 4.56. The molecule has 78 valence electrons. The summed E-state index contributed by atoms with van der Waals surface area (Å²) in [6, 6.07) is 0. The summed E-state index contributed by atoms with van der Waals surface area (Å²) < 4.78 is 0. The SMILES string of the molecule is C/C=C/CCCCCC(C)[Se]CC. The number of rotatable bonds is 8. The van der Waals surface area contributed by atoms with E-state index in [2.05, 4.69) is 32.9 Å². The Bertz CT molecular complexity index is 118. The van der Waals surface area contributed by atoms with Gasteiger partial charge in [0, 0.05) is 0 Å². The van der Waals surface area contributed by atoms with E-state index in [0.717, 1.165) is 19.8 Å². The molecule has 0 aromatic rings. The van der Waals surface area contributed by atoms with Gasteiger partial charge in [0.1, 0.15) is 0 Å². The van der Waals surface area contributed by atoms with Crippen molar-refractivity contribution in [2.75, 3.05) is 0 Å². The molecule has 0 aliphatic heterocycles. The minimum absolute atomic E-state index is 0.906. The van der Waals surface area contributed by atoms with Crippen LogP contribution in [0.3, 0.4) is 0 Å². The number of unbranched alkanes of at least 4 members (excludes halogenated alkanes) is 3. The molecule has 0 fully saturated rings. The molecule has 0 saturated carbocycles. The molecule has 0 spiro atoms. The van der Waals surface area contributed by atoms with Crippen LogP contribution in [-0.4, -0.2) is 15.0 Å². The average molecular weight is 247 g/mol. The first kappa shape index (κ1) is 13.3. The molecule has 0 aliphatic carbocycles. The second kappa shape index (κ2) is 10.3.